The van der Waals surface area contributed by atoms with Crippen LogP contribution in [0.2, 0.25) is 0 Å². The first-order valence-electron chi connectivity index (χ1n) is 6.83. The number of carbonyl (C=O) groups excluding carboxylic acids is 2. The molecule has 6 nitrogen and oxygen atoms in total. The zero-order valence-corrected chi connectivity index (χ0v) is 12.4. The minimum Gasteiger partial charge on any atom is -0.482 e. The van der Waals surface area contributed by atoms with Gasteiger partial charge in [-0.15, -0.1) is 0 Å². The van der Waals surface area contributed by atoms with Gasteiger partial charge in [-0.3, -0.25) is 9.59 Å². The fraction of sp³-hybridized carbons (Fsp3) is 0.118. The lowest BCUT2D eigenvalue weighted by molar-refractivity contribution is -0.118. The zero-order chi connectivity index (χ0) is 16.8. The van der Waals surface area contributed by atoms with Crippen LogP contribution in [0.3, 0.4) is 0 Å². The van der Waals surface area contributed by atoms with Crippen molar-refractivity contribution in [2.45, 2.75) is 6.92 Å². The Morgan fingerprint density at radius 3 is 2.35 bits per heavy atom. The quantitative estimate of drug-likeness (QED) is 0.831. The first kappa shape index (κ1) is 16.2. The van der Waals surface area contributed by atoms with Gasteiger partial charge in [-0.25, -0.2) is 4.79 Å². The van der Waals surface area contributed by atoms with Crippen LogP contribution in [0.1, 0.15) is 27.6 Å². The van der Waals surface area contributed by atoms with Gasteiger partial charge < -0.3 is 15.2 Å². The van der Waals surface area contributed by atoms with Crippen LogP contribution in [0, 0.1) is 0 Å². The maximum atomic E-state index is 10.9. The Bertz CT molecular complexity index is 740. The van der Waals surface area contributed by atoms with Crippen LogP contribution in [-0.4, -0.2) is 29.4 Å². The van der Waals surface area contributed by atoms with Crippen molar-refractivity contribution in [3.8, 4) is 5.75 Å². The molecule has 1 aliphatic heterocycles. The van der Waals surface area contributed by atoms with Gasteiger partial charge in [-0.05, 0) is 25.1 Å². The summed E-state index contributed by atoms with van der Waals surface area (Å²) in [7, 11) is 0. The molecule has 0 unspecified atom stereocenters. The number of carboxylic acid groups (broad SMARTS) is 1. The summed E-state index contributed by atoms with van der Waals surface area (Å²) >= 11 is 0. The highest BCUT2D eigenvalue weighted by atomic mass is 16.5. The van der Waals surface area contributed by atoms with E-state index in [4.69, 9.17) is 9.84 Å². The van der Waals surface area contributed by atoms with Crippen molar-refractivity contribution in [2.24, 2.45) is 0 Å². The van der Waals surface area contributed by atoms with Gasteiger partial charge in [0, 0.05) is 5.56 Å². The average molecular weight is 313 g/mol. The van der Waals surface area contributed by atoms with Crippen LogP contribution in [-0.2, 0) is 4.79 Å². The molecule has 1 heterocycles. The lowest BCUT2D eigenvalue weighted by Gasteiger charge is -2.17. The van der Waals surface area contributed by atoms with E-state index in [0.717, 1.165) is 5.56 Å². The molecule has 1 amide bonds. The van der Waals surface area contributed by atoms with Gasteiger partial charge in [0.2, 0.25) is 0 Å². The number of carboxylic acids is 1. The van der Waals surface area contributed by atoms with E-state index in [2.05, 4.69) is 5.32 Å². The van der Waals surface area contributed by atoms with Crippen LogP contribution in [0.5, 0.6) is 5.75 Å². The van der Waals surface area contributed by atoms with E-state index in [1.54, 1.807) is 6.92 Å². The molecule has 1 aliphatic rings. The van der Waals surface area contributed by atoms with Gasteiger partial charge in [0.05, 0.1) is 11.3 Å². The summed E-state index contributed by atoms with van der Waals surface area (Å²) in [4.78, 5) is 32.2. The second-order valence-electron chi connectivity index (χ2n) is 4.78. The summed E-state index contributed by atoms with van der Waals surface area (Å²) in [6.07, 6.45) is 0. The minimum atomic E-state index is -1.03. The van der Waals surface area contributed by atoms with Crippen molar-refractivity contribution in [3.05, 3.63) is 59.7 Å². The molecule has 2 aromatic rings. The summed E-state index contributed by atoms with van der Waals surface area (Å²) in [6, 6.07) is 13.6. The van der Waals surface area contributed by atoms with Gasteiger partial charge in [-0.2, -0.15) is 0 Å². The maximum Gasteiger partial charge on any atom is 0.335 e. The number of anilines is 1. The van der Waals surface area contributed by atoms with Crippen molar-refractivity contribution in [1.29, 1.82) is 0 Å². The minimum absolute atomic E-state index is 0.0284. The van der Waals surface area contributed by atoms with Crippen LogP contribution in [0.4, 0.5) is 5.69 Å². The third-order valence-corrected chi connectivity index (χ3v) is 3.04. The molecule has 2 aromatic carbocycles. The number of nitrogens with one attached hydrogen (secondary N) is 1. The number of amides is 1. The van der Waals surface area contributed by atoms with E-state index in [9.17, 15) is 14.4 Å². The topological polar surface area (TPSA) is 92.7 Å². The maximum absolute atomic E-state index is 10.9. The van der Waals surface area contributed by atoms with Gasteiger partial charge in [0.25, 0.3) is 5.91 Å². The molecule has 0 bridgehead atoms. The molecule has 0 aliphatic carbocycles. The summed E-state index contributed by atoms with van der Waals surface area (Å²) in [5.41, 5.74) is 1.30. The van der Waals surface area contributed by atoms with Crippen molar-refractivity contribution in [1.82, 2.24) is 0 Å². The first-order chi connectivity index (χ1) is 11.0. The number of fused-ring (bicyclic) bond motifs is 1. The lowest BCUT2D eigenvalue weighted by Crippen LogP contribution is -2.25. The molecule has 118 valence electrons. The Morgan fingerprint density at radius 1 is 1.09 bits per heavy atom. The Hall–Kier alpha value is -3.15. The van der Waals surface area contributed by atoms with Gasteiger partial charge >= 0.3 is 5.97 Å². The number of carbonyl (C=O) groups is 3. The van der Waals surface area contributed by atoms with Gasteiger partial charge in [-0.1, -0.05) is 30.3 Å². The van der Waals surface area contributed by atoms with E-state index in [1.807, 2.05) is 30.3 Å². The molecule has 0 atom stereocenters. The van der Waals surface area contributed by atoms with Gasteiger partial charge in [0.15, 0.2) is 12.4 Å². The number of ketones is 1. The predicted molar refractivity (Wildman–Crippen MR) is 84.0 cm³/mol. The Morgan fingerprint density at radius 2 is 1.78 bits per heavy atom. The second-order valence-corrected chi connectivity index (χ2v) is 4.78. The normalized spacial score (nSPS) is 12.0. The number of Topliss-reactive ketones (excluding diaryl/α,β-unsaturated/α-hetero) is 1. The Kier molecular flexibility index (Phi) is 5.09. The monoisotopic (exact) mass is 313 g/mol. The molecule has 0 fully saturated rings. The number of hydrogen-bond donors (Lipinski definition) is 2. The molecule has 0 radical (unpaired) electrons. The fourth-order valence-corrected chi connectivity index (χ4v) is 1.89. The van der Waals surface area contributed by atoms with Crippen LogP contribution >= 0.6 is 0 Å². The van der Waals surface area contributed by atoms with Crippen molar-refractivity contribution in [2.75, 3.05) is 11.9 Å². The van der Waals surface area contributed by atoms with E-state index in [-0.39, 0.29) is 23.9 Å². The molecule has 23 heavy (non-hydrogen) atoms. The fourth-order valence-electron chi connectivity index (χ4n) is 1.89. The highest BCUT2D eigenvalue weighted by Crippen LogP contribution is 2.28. The summed E-state index contributed by atoms with van der Waals surface area (Å²) < 4.78 is 5.07. The Balaban J connectivity index is 0.000000185. The summed E-state index contributed by atoms with van der Waals surface area (Å²) in [5, 5.41) is 11.2. The van der Waals surface area contributed by atoms with E-state index in [1.165, 1.54) is 18.2 Å². The number of aromatic carboxylic acids is 1. The predicted octanol–water partition coefficient (Wildman–Crippen LogP) is 2.60. The van der Waals surface area contributed by atoms with E-state index in [0.29, 0.717) is 11.4 Å². The molecular formula is C17H15NO5. The van der Waals surface area contributed by atoms with E-state index >= 15 is 0 Å². The third kappa shape index (κ3) is 4.41. The average Bonchev–Trinajstić information content (AvgIpc) is 2.55. The van der Waals surface area contributed by atoms with Crippen LogP contribution < -0.4 is 10.1 Å². The largest absolute Gasteiger partial charge is 0.482 e. The van der Waals surface area contributed by atoms with E-state index < -0.39 is 5.97 Å². The molecule has 0 saturated carbocycles. The van der Waals surface area contributed by atoms with Crippen molar-refractivity contribution >= 4 is 23.3 Å². The van der Waals surface area contributed by atoms with Crippen LogP contribution in [0.25, 0.3) is 0 Å². The molecule has 6 heteroatoms. The summed E-state index contributed by atoms with van der Waals surface area (Å²) in [6.45, 7) is 1.54. The highest BCUT2D eigenvalue weighted by molar-refractivity contribution is 5.97. The first-order valence-corrected chi connectivity index (χ1v) is 6.83. The number of rotatable bonds is 2. The molecule has 0 aromatic heterocycles. The molecular weight excluding hydrogens is 298 g/mol. The zero-order valence-electron chi connectivity index (χ0n) is 12.4. The second kappa shape index (κ2) is 7.22. The molecule has 2 N–H and O–H groups in total. The molecule has 0 saturated heterocycles. The van der Waals surface area contributed by atoms with Crippen LogP contribution in [0.15, 0.2) is 48.5 Å². The van der Waals surface area contributed by atoms with Crippen molar-refractivity contribution < 1.29 is 24.2 Å². The lowest BCUT2D eigenvalue weighted by atomic mass is 10.1. The van der Waals surface area contributed by atoms with Crippen molar-refractivity contribution in [3.63, 3.8) is 0 Å². The summed E-state index contributed by atoms with van der Waals surface area (Å²) in [5.74, 6) is -0.696. The number of benzene rings is 2. The molecule has 3 rings (SSSR count). The molecule has 0 spiro atoms. The smallest absolute Gasteiger partial charge is 0.335 e. The number of ether oxygens (including phenoxy) is 1. The number of hydrogen-bond acceptors (Lipinski definition) is 4. The Labute approximate surface area is 132 Å². The van der Waals surface area contributed by atoms with Gasteiger partial charge in [0.1, 0.15) is 5.75 Å². The standard InChI is InChI=1S/C9H7NO4.C8H8O/c11-8-4-14-7-2-1-5(9(12)13)3-6(7)10-8;1-7(9)8-5-3-2-4-6-8/h1-3H,4H2,(H,10,11)(H,12,13);2-6H,1H3. The third-order valence-electron chi connectivity index (χ3n) is 3.04. The highest BCUT2D eigenvalue weighted by Gasteiger charge is 2.17. The SMILES string of the molecule is CC(=O)c1ccccc1.O=C1COc2ccc(C(=O)O)cc2N1.